The summed E-state index contributed by atoms with van der Waals surface area (Å²) in [7, 11) is -2.24. The number of pyridine rings is 1. The lowest BCUT2D eigenvalue weighted by atomic mass is 9.65. The first kappa shape index (κ1) is 35.0. The van der Waals surface area contributed by atoms with E-state index in [4.69, 9.17) is 10.5 Å². The number of ether oxygens (including phenoxy) is 1. The Morgan fingerprint density at radius 3 is 2.52 bits per heavy atom. The maximum atomic E-state index is 14.1. The van der Waals surface area contributed by atoms with Crippen molar-refractivity contribution in [1.82, 2.24) is 23.9 Å². The molecule has 50 heavy (non-hydrogen) atoms. The summed E-state index contributed by atoms with van der Waals surface area (Å²) in [6.07, 6.45) is 1.86. The molecule has 5 aromatic rings. The first-order valence-electron chi connectivity index (χ1n) is 16.9. The van der Waals surface area contributed by atoms with Crippen LogP contribution in [0.2, 0.25) is 0 Å². The van der Waals surface area contributed by atoms with E-state index in [1.807, 2.05) is 76.6 Å². The summed E-state index contributed by atoms with van der Waals surface area (Å²) in [6, 6.07) is 18.4. The molecule has 0 spiro atoms. The lowest BCUT2D eigenvalue weighted by Gasteiger charge is -2.37. The zero-order chi connectivity index (χ0) is 36.1. The standard InChI is InChI=1S/C38H44N6O5S/c1-8-27-22-43(50(47,48)32-13-11-10-12-31(32)49-27)21-26-20-25(15-14-23(26)3)33(28-16-17-30-35(24(28)4)40-41-44(30)9-2)38(5,6)34-29(36(39)45)18-19-42(7)37(34)46/h10-20,27,33H,8-9,21-22H2,1-7H3,(H2,39,45)/t27-,33-/m1/s1. The second-order valence-corrected chi connectivity index (χ2v) is 15.6. The number of nitrogens with two attached hydrogens (primary N) is 1. The fourth-order valence-corrected chi connectivity index (χ4v) is 8.92. The molecule has 1 aliphatic heterocycles. The van der Waals surface area contributed by atoms with Crippen LogP contribution in [0.25, 0.3) is 11.0 Å². The molecule has 262 valence electrons. The number of primary amides is 1. The maximum Gasteiger partial charge on any atom is 0.254 e. The number of carbonyl (C=O) groups excluding carboxylic acids is 1. The van der Waals surface area contributed by atoms with Crippen LogP contribution in [0.3, 0.4) is 0 Å². The SMILES string of the molecule is CC[C@@H]1CN(Cc2cc([C@H](c3ccc4c(nnn4CC)c3C)C(C)(C)c3c(C(N)=O)ccn(C)c3=O)ccc2C)S(=O)(=O)c2ccccc2O1. The number of aromatic nitrogens is 4. The van der Waals surface area contributed by atoms with Crippen molar-refractivity contribution in [2.45, 2.75) is 83.4 Å². The number of hydrogen-bond donors (Lipinski definition) is 1. The number of rotatable bonds is 9. The van der Waals surface area contributed by atoms with Gasteiger partial charge in [-0.25, -0.2) is 13.1 Å². The maximum absolute atomic E-state index is 14.1. The zero-order valence-corrected chi connectivity index (χ0v) is 30.4. The highest BCUT2D eigenvalue weighted by Crippen LogP contribution is 2.46. The average molecular weight is 697 g/mol. The average Bonchev–Trinajstić information content (AvgIpc) is 3.47. The van der Waals surface area contributed by atoms with Crippen LogP contribution in [0.1, 0.15) is 83.8 Å². The molecule has 0 saturated heterocycles. The molecular formula is C38H44N6O5S. The van der Waals surface area contributed by atoms with Crippen LogP contribution in [0.5, 0.6) is 5.75 Å². The number of hydrogen-bond acceptors (Lipinski definition) is 7. The summed E-state index contributed by atoms with van der Waals surface area (Å²) in [5.74, 6) is -0.819. The molecular weight excluding hydrogens is 653 g/mol. The molecule has 1 aliphatic rings. The smallest absolute Gasteiger partial charge is 0.254 e. The number of amides is 1. The van der Waals surface area contributed by atoms with Crippen molar-refractivity contribution in [3.63, 3.8) is 0 Å². The van der Waals surface area contributed by atoms with Gasteiger partial charge in [-0.3, -0.25) is 9.59 Å². The van der Waals surface area contributed by atoms with Crippen molar-refractivity contribution >= 4 is 27.0 Å². The molecule has 2 atom stereocenters. The predicted molar refractivity (Wildman–Crippen MR) is 193 cm³/mol. The molecule has 0 radical (unpaired) electrons. The van der Waals surface area contributed by atoms with Gasteiger partial charge in [0.05, 0.1) is 12.1 Å². The number of benzene rings is 3. The van der Waals surface area contributed by atoms with E-state index in [1.54, 1.807) is 43.6 Å². The highest BCUT2D eigenvalue weighted by Gasteiger charge is 2.41. The molecule has 3 aromatic carbocycles. The largest absolute Gasteiger partial charge is 0.488 e. The Bertz CT molecular complexity index is 2290. The van der Waals surface area contributed by atoms with Gasteiger partial charge in [-0.15, -0.1) is 5.10 Å². The number of carbonyl (C=O) groups is 1. The first-order chi connectivity index (χ1) is 23.7. The van der Waals surface area contributed by atoms with Crippen LogP contribution in [0.15, 0.2) is 76.6 Å². The van der Waals surface area contributed by atoms with Crippen molar-refractivity contribution < 1.29 is 17.9 Å². The Labute approximate surface area is 292 Å². The third kappa shape index (κ3) is 5.90. The minimum atomic E-state index is -3.90. The molecule has 2 aromatic heterocycles. The molecule has 0 saturated carbocycles. The van der Waals surface area contributed by atoms with Gasteiger partial charge in [-0.05, 0) is 79.3 Å². The van der Waals surface area contributed by atoms with E-state index in [-0.39, 0.29) is 35.2 Å². The molecule has 1 amide bonds. The first-order valence-corrected chi connectivity index (χ1v) is 18.3. The van der Waals surface area contributed by atoms with Gasteiger partial charge in [0.15, 0.2) is 0 Å². The van der Waals surface area contributed by atoms with Crippen molar-refractivity contribution in [3.8, 4) is 5.75 Å². The van der Waals surface area contributed by atoms with Crippen LogP contribution >= 0.6 is 0 Å². The molecule has 0 unspecified atom stereocenters. The van der Waals surface area contributed by atoms with Crippen LogP contribution in [0.4, 0.5) is 0 Å². The van der Waals surface area contributed by atoms with Gasteiger partial charge in [-0.2, -0.15) is 4.31 Å². The van der Waals surface area contributed by atoms with E-state index in [9.17, 15) is 18.0 Å². The normalized spacial score (nSPS) is 16.8. The Morgan fingerprint density at radius 2 is 1.82 bits per heavy atom. The lowest BCUT2D eigenvalue weighted by molar-refractivity contribution is 0.0997. The Kier molecular flexibility index (Phi) is 9.21. The highest BCUT2D eigenvalue weighted by molar-refractivity contribution is 7.89. The minimum absolute atomic E-state index is 0.117. The number of sulfonamides is 1. The van der Waals surface area contributed by atoms with Crippen LogP contribution in [-0.2, 0) is 35.6 Å². The molecule has 11 nitrogen and oxygen atoms in total. The molecule has 0 bridgehead atoms. The summed E-state index contributed by atoms with van der Waals surface area (Å²) in [4.78, 5) is 26.9. The summed E-state index contributed by atoms with van der Waals surface area (Å²) >= 11 is 0. The second kappa shape index (κ2) is 13.1. The zero-order valence-electron chi connectivity index (χ0n) is 29.6. The fraction of sp³-hybridized carbons (Fsp3) is 0.368. The number of aryl methyl sites for hydroxylation is 4. The lowest BCUT2D eigenvalue weighted by Crippen LogP contribution is -2.39. The summed E-state index contributed by atoms with van der Waals surface area (Å²) < 4.78 is 39.2. The Hall–Kier alpha value is -4.81. The van der Waals surface area contributed by atoms with Gasteiger partial charge in [0.25, 0.3) is 5.56 Å². The summed E-state index contributed by atoms with van der Waals surface area (Å²) in [5, 5.41) is 8.87. The van der Waals surface area contributed by atoms with Gasteiger partial charge in [0, 0.05) is 48.8 Å². The number of nitrogens with zero attached hydrogens (tertiary/aromatic N) is 5. The highest BCUT2D eigenvalue weighted by atomic mass is 32.2. The molecule has 6 rings (SSSR count). The van der Waals surface area contributed by atoms with Gasteiger partial charge in [0.2, 0.25) is 15.9 Å². The van der Waals surface area contributed by atoms with E-state index >= 15 is 0 Å². The van der Waals surface area contributed by atoms with Crippen molar-refractivity contribution in [2.75, 3.05) is 6.54 Å². The van der Waals surface area contributed by atoms with Crippen molar-refractivity contribution in [3.05, 3.63) is 116 Å². The monoisotopic (exact) mass is 696 g/mol. The number of para-hydroxylation sites is 1. The summed E-state index contributed by atoms with van der Waals surface area (Å²) in [6.45, 7) is 12.8. The van der Waals surface area contributed by atoms with Gasteiger partial charge >= 0.3 is 0 Å². The van der Waals surface area contributed by atoms with Gasteiger partial charge < -0.3 is 15.0 Å². The van der Waals surface area contributed by atoms with E-state index in [0.717, 1.165) is 38.9 Å². The fourth-order valence-electron chi connectivity index (χ4n) is 7.35. The topological polar surface area (TPSA) is 142 Å². The third-order valence-electron chi connectivity index (χ3n) is 10.2. The number of fused-ring (bicyclic) bond motifs is 2. The molecule has 12 heteroatoms. The van der Waals surface area contributed by atoms with Gasteiger partial charge in [-0.1, -0.05) is 62.4 Å². The quantitative estimate of drug-likeness (QED) is 0.219. The Morgan fingerprint density at radius 1 is 1.08 bits per heavy atom. The molecule has 0 aliphatic carbocycles. The molecule has 3 heterocycles. The van der Waals surface area contributed by atoms with Gasteiger partial charge in [0.1, 0.15) is 22.3 Å². The van der Waals surface area contributed by atoms with E-state index < -0.39 is 27.3 Å². The minimum Gasteiger partial charge on any atom is -0.488 e. The molecule has 2 N–H and O–H groups in total. The van der Waals surface area contributed by atoms with Crippen LogP contribution < -0.4 is 16.0 Å². The molecule has 0 fully saturated rings. The predicted octanol–water partition coefficient (Wildman–Crippen LogP) is 5.34. The van der Waals surface area contributed by atoms with Crippen LogP contribution in [0, 0.1) is 13.8 Å². The van der Waals surface area contributed by atoms with E-state index in [2.05, 4.69) is 10.3 Å². The van der Waals surface area contributed by atoms with E-state index in [0.29, 0.717) is 24.3 Å². The third-order valence-corrected chi connectivity index (χ3v) is 12.0. The summed E-state index contributed by atoms with van der Waals surface area (Å²) in [5.41, 5.74) is 11.0. The second-order valence-electron chi connectivity index (χ2n) is 13.7. The van der Waals surface area contributed by atoms with Crippen LogP contribution in [-0.4, -0.2) is 50.8 Å². The Balaban J connectivity index is 1.56. The van der Waals surface area contributed by atoms with Crippen molar-refractivity contribution in [1.29, 1.82) is 0 Å². The van der Waals surface area contributed by atoms with E-state index in [1.165, 1.54) is 8.87 Å². The van der Waals surface area contributed by atoms with Crippen molar-refractivity contribution in [2.24, 2.45) is 12.8 Å².